The molecule has 0 bridgehead atoms. The fraction of sp³-hybridized carbons (Fsp3) is 0.400. The molecule has 0 radical (unpaired) electrons. The van der Waals surface area contributed by atoms with E-state index in [0.29, 0.717) is 36.9 Å². The van der Waals surface area contributed by atoms with Crippen molar-refractivity contribution in [2.75, 3.05) is 0 Å². The Kier molecular flexibility index (Phi) is 3.86. The number of Topliss-reactive ketones (excluding diaryl/α,β-unsaturated/α-hetero) is 1. The first-order valence-corrected chi connectivity index (χ1v) is 10.5. The molecule has 2 aromatic rings. The fourth-order valence-corrected chi connectivity index (χ4v) is 5.78. The van der Waals surface area contributed by atoms with Crippen LogP contribution in [0.25, 0.3) is 5.57 Å². The second-order valence-corrected chi connectivity index (χ2v) is 8.98. The van der Waals surface area contributed by atoms with E-state index in [9.17, 15) is 4.79 Å². The number of fused-ring (bicyclic) bond motifs is 2. The first-order chi connectivity index (χ1) is 14.2. The summed E-state index contributed by atoms with van der Waals surface area (Å²) in [6, 6.07) is 20.6. The summed E-state index contributed by atoms with van der Waals surface area (Å²) < 4.78 is 6.71. The van der Waals surface area contributed by atoms with E-state index in [1.54, 1.807) is 0 Å². The Bertz CT molecular complexity index is 951. The van der Waals surface area contributed by atoms with Crippen molar-refractivity contribution in [3.8, 4) is 0 Å². The van der Waals surface area contributed by atoms with Gasteiger partial charge in [-0.2, -0.15) is 4.89 Å². The monoisotopic (exact) mass is 388 g/mol. The zero-order chi connectivity index (χ0) is 19.5. The molecular formula is C25H24O4. The molecule has 4 nitrogen and oxygen atoms in total. The molecule has 0 N–H and O–H groups in total. The number of benzene rings is 2. The van der Waals surface area contributed by atoms with E-state index >= 15 is 0 Å². The van der Waals surface area contributed by atoms with Gasteiger partial charge in [-0.05, 0) is 34.6 Å². The summed E-state index contributed by atoms with van der Waals surface area (Å²) in [5, 5.41) is 0. The maximum Gasteiger partial charge on any atom is 0.202 e. The Morgan fingerprint density at radius 1 is 0.828 bits per heavy atom. The molecule has 0 aromatic heterocycles. The average Bonchev–Trinajstić information content (AvgIpc) is 3.39. The van der Waals surface area contributed by atoms with Gasteiger partial charge in [-0.3, -0.25) is 4.79 Å². The molecule has 1 spiro atoms. The van der Waals surface area contributed by atoms with E-state index in [1.807, 2.05) is 24.3 Å². The lowest BCUT2D eigenvalue weighted by Gasteiger charge is -2.46. The van der Waals surface area contributed by atoms with Crippen LogP contribution in [0.5, 0.6) is 0 Å². The lowest BCUT2D eigenvalue weighted by atomic mass is 9.87. The standard InChI is InChI=1S/C25H24O4/c26-22-11-18-14-24(15-19(18)12-22)27-23-13-20(17-7-3-1-4-8-17)16-25(23,29-28-24)21-9-5-2-6-10-21/h1-10,13,18-19,23H,11-12,14-16H2/t18-,19+,23-,24?,25-/m0/s1. The van der Waals surface area contributed by atoms with Gasteiger partial charge in [0.05, 0.1) is 0 Å². The van der Waals surface area contributed by atoms with Gasteiger partial charge in [-0.25, -0.2) is 4.89 Å². The van der Waals surface area contributed by atoms with Crippen molar-refractivity contribution in [3.05, 3.63) is 77.9 Å². The Hall–Kier alpha value is -2.27. The van der Waals surface area contributed by atoms with Crippen molar-refractivity contribution in [1.82, 2.24) is 0 Å². The zero-order valence-electron chi connectivity index (χ0n) is 16.3. The highest BCUT2D eigenvalue weighted by Gasteiger charge is 2.61. The smallest absolute Gasteiger partial charge is 0.202 e. The molecule has 2 aromatic carbocycles. The van der Waals surface area contributed by atoms with Crippen LogP contribution < -0.4 is 0 Å². The molecular weight excluding hydrogens is 364 g/mol. The van der Waals surface area contributed by atoms with E-state index in [4.69, 9.17) is 14.5 Å². The van der Waals surface area contributed by atoms with Crippen LogP contribution in [0, 0.1) is 11.8 Å². The van der Waals surface area contributed by atoms with Crippen molar-refractivity contribution in [3.63, 3.8) is 0 Å². The van der Waals surface area contributed by atoms with Gasteiger partial charge in [-0.15, -0.1) is 0 Å². The third-order valence-corrected chi connectivity index (χ3v) is 7.15. The highest BCUT2D eigenvalue weighted by atomic mass is 17.2. The van der Waals surface area contributed by atoms with Crippen molar-refractivity contribution >= 4 is 11.4 Å². The fourth-order valence-electron chi connectivity index (χ4n) is 5.78. The quantitative estimate of drug-likeness (QED) is 0.693. The second kappa shape index (κ2) is 6.36. The molecule has 1 unspecified atom stereocenters. The predicted octanol–water partition coefficient (Wildman–Crippen LogP) is 4.80. The highest BCUT2D eigenvalue weighted by molar-refractivity contribution is 5.81. The summed E-state index contributed by atoms with van der Waals surface area (Å²) in [7, 11) is 0. The van der Waals surface area contributed by atoms with Crippen LogP contribution in [0.1, 0.15) is 43.2 Å². The van der Waals surface area contributed by atoms with Crippen LogP contribution in [0.2, 0.25) is 0 Å². The Morgan fingerprint density at radius 2 is 1.48 bits per heavy atom. The third kappa shape index (κ3) is 2.74. The van der Waals surface area contributed by atoms with Gasteiger partial charge >= 0.3 is 0 Å². The van der Waals surface area contributed by atoms with E-state index < -0.39 is 11.4 Å². The summed E-state index contributed by atoms with van der Waals surface area (Å²) in [6.07, 6.45) is 5.47. The predicted molar refractivity (Wildman–Crippen MR) is 107 cm³/mol. The molecule has 4 aliphatic rings. The number of hydrogen-bond donors (Lipinski definition) is 0. The summed E-state index contributed by atoms with van der Waals surface area (Å²) in [6.45, 7) is 0. The van der Waals surface area contributed by atoms with Crippen LogP contribution >= 0.6 is 0 Å². The molecule has 1 aliphatic heterocycles. The molecule has 3 aliphatic carbocycles. The molecule has 0 amide bonds. The summed E-state index contributed by atoms with van der Waals surface area (Å²) in [5.74, 6) is 0.350. The summed E-state index contributed by atoms with van der Waals surface area (Å²) in [5.41, 5.74) is 2.79. The van der Waals surface area contributed by atoms with Gasteiger partial charge < -0.3 is 4.74 Å². The minimum absolute atomic E-state index is 0.219. The number of ketones is 1. The first kappa shape index (κ1) is 17.6. The van der Waals surface area contributed by atoms with Gasteiger partial charge in [0.1, 0.15) is 11.9 Å². The topological polar surface area (TPSA) is 44.8 Å². The van der Waals surface area contributed by atoms with Gasteiger partial charge in [0.2, 0.25) is 5.79 Å². The number of carbonyl (C=O) groups excluding carboxylic acids is 1. The second-order valence-electron chi connectivity index (χ2n) is 8.98. The minimum Gasteiger partial charge on any atom is -0.336 e. The Morgan fingerprint density at radius 3 is 2.17 bits per heavy atom. The molecule has 1 saturated heterocycles. The number of ether oxygens (including phenoxy) is 1. The minimum atomic E-state index is -0.735. The van der Waals surface area contributed by atoms with E-state index in [2.05, 4.69) is 42.5 Å². The van der Waals surface area contributed by atoms with E-state index in [-0.39, 0.29) is 6.10 Å². The normalized spacial score (nSPS) is 38.1. The number of hydrogen-bond acceptors (Lipinski definition) is 4. The molecule has 6 rings (SSSR count). The molecule has 2 saturated carbocycles. The van der Waals surface area contributed by atoms with Crippen LogP contribution in [0.15, 0.2) is 66.7 Å². The molecule has 1 heterocycles. The van der Waals surface area contributed by atoms with Crippen LogP contribution in [0.4, 0.5) is 0 Å². The first-order valence-electron chi connectivity index (χ1n) is 10.5. The SMILES string of the molecule is O=C1C[C@@H]2CC3(C[C@@H]2C1)OO[C@]1(c2ccccc2)CC(c2ccccc2)=C[C@@H]1O3. The number of carbonyl (C=O) groups is 1. The lowest BCUT2D eigenvalue weighted by Crippen LogP contribution is -2.53. The highest BCUT2D eigenvalue weighted by Crippen LogP contribution is 2.57. The van der Waals surface area contributed by atoms with Crippen molar-refractivity contribution < 1.29 is 19.3 Å². The third-order valence-electron chi connectivity index (χ3n) is 7.15. The maximum absolute atomic E-state index is 11.8. The summed E-state index contributed by atoms with van der Waals surface area (Å²) in [4.78, 5) is 24.2. The average molecular weight is 388 g/mol. The van der Waals surface area contributed by atoms with Crippen molar-refractivity contribution in [2.45, 2.75) is 49.6 Å². The van der Waals surface area contributed by atoms with E-state index in [0.717, 1.165) is 18.4 Å². The van der Waals surface area contributed by atoms with Crippen molar-refractivity contribution in [2.24, 2.45) is 11.8 Å². The lowest BCUT2D eigenvalue weighted by molar-refractivity contribution is -0.525. The zero-order valence-corrected chi connectivity index (χ0v) is 16.3. The Labute approximate surface area is 170 Å². The van der Waals surface area contributed by atoms with Gasteiger partial charge in [0.25, 0.3) is 0 Å². The molecule has 29 heavy (non-hydrogen) atoms. The Balaban J connectivity index is 1.36. The van der Waals surface area contributed by atoms with Crippen molar-refractivity contribution in [1.29, 1.82) is 0 Å². The van der Waals surface area contributed by atoms with Gasteiger partial charge in [-0.1, -0.05) is 60.7 Å². The van der Waals surface area contributed by atoms with Gasteiger partial charge in [0, 0.05) is 32.1 Å². The maximum atomic E-state index is 11.8. The molecule has 4 heteroatoms. The molecule has 3 fully saturated rings. The summed E-state index contributed by atoms with van der Waals surface area (Å²) >= 11 is 0. The molecule has 5 atom stereocenters. The van der Waals surface area contributed by atoms with E-state index in [1.165, 1.54) is 11.1 Å². The van der Waals surface area contributed by atoms with Crippen LogP contribution in [-0.4, -0.2) is 17.7 Å². The van der Waals surface area contributed by atoms with Crippen LogP contribution in [0.3, 0.4) is 0 Å². The van der Waals surface area contributed by atoms with Crippen LogP contribution in [-0.2, 0) is 24.9 Å². The largest absolute Gasteiger partial charge is 0.336 e. The number of rotatable bonds is 2. The van der Waals surface area contributed by atoms with Gasteiger partial charge in [0.15, 0.2) is 5.60 Å². The molecule has 148 valence electrons.